The van der Waals surface area contributed by atoms with Crippen LogP contribution in [0.5, 0.6) is 5.75 Å². The third-order valence-electron chi connectivity index (χ3n) is 3.88. The molecule has 1 aromatic rings. The van der Waals surface area contributed by atoms with Gasteiger partial charge in [0.25, 0.3) is 5.91 Å². The summed E-state index contributed by atoms with van der Waals surface area (Å²) in [5, 5.41) is 3.01. The first-order valence-corrected chi connectivity index (χ1v) is 9.94. The Morgan fingerprint density at radius 3 is 2.72 bits per heavy atom. The average Bonchev–Trinajstić information content (AvgIpc) is 2.86. The van der Waals surface area contributed by atoms with Crippen LogP contribution >= 0.6 is 11.6 Å². The molecule has 0 saturated carbocycles. The first-order chi connectivity index (χ1) is 11.7. The molecule has 7 nitrogen and oxygen atoms in total. The molecule has 1 heterocycles. The van der Waals surface area contributed by atoms with Crippen molar-refractivity contribution in [3.63, 3.8) is 0 Å². The fourth-order valence-corrected chi connectivity index (χ4v) is 4.61. The van der Waals surface area contributed by atoms with E-state index in [1.165, 1.54) is 20.1 Å². The molecule has 25 heavy (non-hydrogen) atoms. The lowest BCUT2D eigenvalue weighted by atomic mass is 10.1. The zero-order valence-corrected chi connectivity index (χ0v) is 15.5. The van der Waals surface area contributed by atoms with Crippen molar-refractivity contribution in [2.75, 3.05) is 23.9 Å². The zero-order chi connectivity index (χ0) is 18.6. The van der Waals surface area contributed by atoms with Crippen molar-refractivity contribution in [2.24, 2.45) is 5.92 Å². The Bertz CT molecular complexity index is 764. The second kappa shape index (κ2) is 8.05. The van der Waals surface area contributed by atoms with Crippen molar-refractivity contribution in [1.82, 2.24) is 0 Å². The van der Waals surface area contributed by atoms with Gasteiger partial charge in [0.2, 0.25) is 0 Å². The fraction of sp³-hybridized carbons (Fsp3) is 0.500. The number of anilines is 1. The van der Waals surface area contributed by atoms with E-state index in [0.717, 1.165) is 0 Å². The lowest BCUT2D eigenvalue weighted by Gasteiger charge is -2.16. The van der Waals surface area contributed by atoms with Crippen molar-refractivity contribution >= 4 is 39.0 Å². The molecule has 2 atom stereocenters. The van der Waals surface area contributed by atoms with Crippen LogP contribution < -0.4 is 10.1 Å². The van der Waals surface area contributed by atoms with Crippen LogP contribution in [-0.4, -0.2) is 45.0 Å². The normalized spacial score (nSPS) is 19.9. The van der Waals surface area contributed by atoms with Crippen molar-refractivity contribution < 1.29 is 27.5 Å². The van der Waals surface area contributed by atoms with E-state index in [-0.39, 0.29) is 23.8 Å². The van der Waals surface area contributed by atoms with E-state index >= 15 is 0 Å². The molecular weight excluding hydrogens is 370 g/mol. The maximum absolute atomic E-state index is 12.2. The molecule has 138 valence electrons. The van der Waals surface area contributed by atoms with Crippen LogP contribution in [0.4, 0.5) is 5.69 Å². The van der Waals surface area contributed by atoms with Gasteiger partial charge in [-0.1, -0.05) is 11.6 Å². The average molecular weight is 390 g/mol. The number of hydrogen-bond donors (Lipinski definition) is 1. The monoisotopic (exact) mass is 389 g/mol. The second-order valence-electron chi connectivity index (χ2n) is 5.94. The molecule has 1 aliphatic rings. The zero-order valence-electron chi connectivity index (χ0n) is 14.0. The van der Waals surface area contributed by atoms with E-state index in [1.54, 1.807) is 12.1 Å². The Balaban J connectivity index is 1.90. The van der Waals surface area contributed by atoms with Gasteiger partial charge >= 0.3 is 5.97 Å². The van der Waals surface area contributed by atoms with Crippen molar-refractivity contribution in [1.29, 1.82) is 0 Å². The van der Waals surface area contributed by atoms with Crippen molar-refractivity contribution in [3.8, 4) is 5.75 Å². The van der Waals surface area contributed by atoms with Crippen LogP contribution in [0, 0.1) is 5.92 Å². The molecule has 9 heteroatoms. The molecule has 1 saturated heterocycles. The first kappa shape index (κ1) is 19.5. The highest BCUT2D eigenvalue weighted by Crippen LogP contribution is 2.28. The molecule has 2 rings (SSSR count). The number of amides is 1. The van der Waals surface area contributed by atoms with Crippen LogP contribution in [0.15, 0.2) is 18.2 Å². The minimum atomic E-state index is -3.05. The number of esters is 1. The quantitative estimate of drug-likeness (QED) is 0.747. The molecule has 1 amide bonds. The van der Waals surface area contributed by atoms with Gasteiger partial charge in [0.1, 0.15) is 5.75 Å². The van der Waals surface area contributed by atoms with Gasteiger partial charge in [-0.05, 0) is 37.5 Å². The van der Waals surface area contributed by atoms with Gasteiger partial charge < -0.3 is 14.8 Å². The number of carbonyl (C=O) groups excluding carboxylic acids is 2. The minimum absolute atomic E-state index is 0.0115. The van der Waals surface area contributed by atoms with E-state index in [9.17, 15) is 18.0 Å². The van der Waals surface area contributed by atoms with Crippen LogP contribution in [0.2, 0.25) is 5.02 Å². The van der Waals surface area contributed by atoms with E-state index in [4.69, 9.17) is 21.1 Å². The van der Waals surface area contributed by atoms with Gasteiger partial charge in [0, 0.05) is 11.4 Å². The number of carbonyl (C=O) groups is 2. The van der Waals surface area contributed by atoms with Gasteiger partial charge in [0.05, 0.1) is 24.3 Å². The maximum Gasteiger partial charge on any atom is 0.306 e. The molecular formula is C16H20ClNO6S. The lowest BCUT2D eigenvalue weighted by molar-refractivity contribution is -0.153. The van der Waals surface area contributed by atoms with Crippen LogP contribution in [0.1, 0.15) is 19.8 Å². The standard InChI is InChI=1S/C16H20ClNO6S/c1-10(24-15(19)7-11-5-6-25(21,22)9-11)16(20)18-13-8-12(17)3-4-14(13)23-2/h3-4,8,10-11H,5-7,9H2,1-2H3,(H,18,20)/t10-,11-/m1/s1. The maximum atomic E-state index is 12.2. The van der Waals surface area contributed by atoms with Crippen LogP contribution in [-0.2, 0) is 24.2 Å². The van der Waals surface area contributed by atoms with Gasteiger partial charge in [0.15, 0.2) is 15.9 Å². The fourth-order valence-electron chi connectivity index (χ4n) is 2.58. The molecule has 0 bridgehead atoms. The molecule has 1 fully saturated rings. The molecule has 0 unspecified atom stereocenters. The summed E-state index contributed by atoms with van der Waals surface area (Å²) in [5.74, 6) is -0.873. The Labute approximate surface area is 151 Å². The lowest BCUT2D eigenvalue weighted by Crippen LogP contribution is -2.30. The summed E-state index contributed by atoms with van der Waals surface area (Å²) in [6.45, 7) is 1.44. The predicted octanol–water partition coefficient (Wildman–Crippen LogP) is 2.04. The summed E-state index contributed by atoms with van der Waals surface area (Å²) in [6.07, 6.45) is -0.607. The summed E-state index contributed by atoms with van der Waals surface area (Å²) in [4.78, 5) is 24.1. The number of hydrogen-bond acceptors (Lipinski definition) is 6. The highest BCUT2D eigenvalue weighted by molar-refractivity contribution is 7.91. The number of sulfone groups is 1. The highest BCUT2D eigenvalue weighted by atomic mass is 35.5. The van der Waals surface area contributed by atoms with E-state index in [2.05, 4.69) is 5.32 Å². The van der Waals surface area contributed by atoms with Gasteiger partial charge in [-0.3, -0.25) is 9.59 Å². The Morgan fingerprint density at radius 1 is 1.40 bits per heavy atom. The largest absolute Gasteiger partial charge is 0.495 e. The summed E-state index contributed by atoms with van der Waals surface area (Å²) in [7, 11) is -1.60. The van der Waals surface area contributed by atoms with Crippen molar-refractivity contribution in [2.45, 2.75) is 25.9 Å². The second-order valence-corrected chi connectivity index (χ2v) is 8.60. The summed E-state index contributed by atoms with van der Waals surface area (Å²) in [5.41, 5.74) is 0.366. The van der Waals surface area contributed by atoms with Crippen LogP contribution in [0.3, 0.4) is 0 Å². The molecule has 1 N–H and O–H groups in total. The van der Waals surface area contributed by atoms with Crippen LogP contribution in [0.25, 0.3) is 0 Å². The van der Waals surface area contributed by atoms with Gasteiger partial charge in [-0.25, -0.2) is 8.42 Å². The summed E-state index contributed by atoms with van der Waals surface area (Å²) in [6, 6.07) is 4.75. The first-order valence-electron chi connectivity index (χ1n) is 7.74. The molecule has 0 spiro atoms. The number of rotatable bonds is 6. The number of ether oxygens (including phenoxy) is 2. The SMILES string of the molecule is COc1ccc(Cl)cc1NC(=O)[C@@H](C)OC(=O)C[C@H]1CCS(=O)(=O)C1. The van der Waals surface area contributed by atoms with E-state index in [1.807, 2.05) is 0 Å². The molecule has 1 aromatic carbocycles. The molecule has 0 aromatic heterocycles. The van der Waals surface area contributed by atoms with Gasteiger partial charge in [-0.2, -0.15) is 0 Å². The summed E-state index contributed by atoms with van der Waals surface area (Å²) < 4.78 is 33.0. The topological polar surface area (TPSA) is 98.8 Å². The number of benzene rings is 1. The molecule has 0 aliphatic carbocycles. The highest BCUT2D eigenvalue weighted by Gasteiger charge is 2.30. The van der Waals surface area contributed by atoms with Crippen molar-refractivity contribution in [3.05, 3.63) is 23.2 Å². The third-order valence-corrected chi connectivity index (χ3v) is 5.95. The number of methoxy groups -OCH3 is 1. The number of halogens is 1. The molecule has 0 radical (unpaired) electrons. The third kappa shape index (κ3) is 5.61. The Morgan fingerprint density at radius 2 is 2.12 bits per heavy atom. The number of nitrogens with one attached hydrogen (secondary N) is 1. The Hall–Kier alpha value is -1.80. The molecule has 1 aliphatic heterocycles. The van der Waals surface area contributed by atoms with E-state index < -0.39 is 27.8 Å². The summed E-state index contributed by atoms with van der Waals surface area (Å²) >= 11 is 5.90. The van der Waals surface area contributed by atoms with Gasteiger partial charge in [-0.15, -0.1) is 0 Å². The minimum Gasteiger partial charge on any atom is -0.495 e. The van der Waals surface area contributed by atoms with E-state index in [0.29, 0.717) is 22.9 Å². The Kier molecular flexibility index (Phi) is 6.29. The predicted molar refractivity (Wildman–Crippen MR) is 93.6 cm³/mol. The smallest absolute Gasteiger partial charge is 0.306 e.